The Hall–Kier alpha value is -5.32. The van der Waals surface area contributed by atoms with Gasteiger partial charge in [0.2, 0.25) is 0 Å². The number of nitrogens with zero attached hydrogens (tertiary/aromatic N) is 3. The lowest BCUT2D eigenvalue weighted by atomic mass is 9.67. The van der Waals surface area contributed by atoms with E-state index in [1.807, 2.05) is 30.0 Å². The Morgan fingerprint density at radius 2 is 0.902 bits per heavy atom. The van der Waals surface area contributed by atoms with E-state index in [1.54, 1.807) is 0 Å². The van der Waals surface area contributed by atoms with Crippen molar-refractivity contribution in [3.8, 4) is 45.3 Å². The normalized spacial score (nSPS) is 16.5. The lowest BCUT2D eigenvalue weighted by Crippen LogP contribution is -2.31. The Balaban J connectivity index is 1.18. The van der Waals surface area contributed by atoms with Crippen molar-refractivity contribution in [2.75, 3.05) is 0 Å². The summed E-state index contributed by atoms with van der Waals surface area (Å²) in [5.41, 5.74) is 13.5. The topological polar surface area (TPSA) is 38.7 Å². The van der Waals surface area contributed by atoms with Crippen LogP contribution in [0.3, 0.4) is 0 Å². The van der Waals surface area contributed by atoms with Gasteiger partial charge in [-0.25, -0.2) is 15.0 Å². The van der Waals surface area contributed by atoms with E-state index in [2.05, 4.69) is 149 Å². The molecule has 51 heavy (non-hydrogen) atoms. The molecule has 246 valence electrons. The maximum atomic E-state index is 5.23. The van der Waals surface area contributed by atoms with E-state index < -0.39 is 5.41 Å². The summed E-state index contributed by atoms with van der Waals surface area (Å²) in [5.74, 6) is 2.07. The third kappa shape index (κ3) is 4.42. The van der Waals surface area contributed by atoms with Crippen molar-refractivity contribution >= 4 is 11.8 Å². The Morgan fingerprint density at radius 1 is 0.412 bits per heavy atom. The summed E-state index contributed by atoms with van der Waals surface area (Å²) < 4.78 is 0. The molecule has 4 heteroatoms. The third-order valence-corrected chi connectivity index (χ3v) is 12.5. The van der Waals surface area contributed by atoms with E-state index >= 15 is 0 Å². The molecule has 1 aliphatic heterocycles. The molecule has 2 aliphatic carbocycles. The number of benzene rings is 6. The van der Waals surface area contributed by atoms with Crippen LogP contribution in [0, 0.1) is 0 Å². The van der Waals surface area contributed by atoms with Crippen molar-refractivity contribution in [1.82, 2.24) is 15.0 Å². The highest BCUT2D eigenvalue weighted by Crippen LogP contribution is 2.62. The van der Waals surface area contributed by atoms with Crippen molar-refractivity contribution < 1.29 is 0 Å². The van der Waals surface area contributed by atoms with E-state index in [9.17, 15) is 0 Å². The highest BCUT2D eigenvalue weighted by molar-refractivity contribution is 7.99. The molecule has 0 radical (unpaired) electrons. The van der Waals surface area contributed by atoms with Crippen LogP contribution >= 0.6 is 11.8 Å². The second kappa shape index (κ2) is 10.8. The molecular weight excluding hydrogens is 639 g/mol. The Morgan fingerprint density at radius 3 is 1.57 bits per heavy atom. The second-order valence-corrected chi connectivity index (χ2v) is 16.6. The third-order valence-electron chi connectivity index (χ3n) is 11.4. The fourth-order valence-electron chi connectivity index (χ4n) is 9.48. The molecule has 7 aromatic rings. The van der Waals surface area contributed by atoms with Crippen LogP contribution < -0.4 is 0 Å². The van der Waals surface area contributed by atoms with Gasteiger partial charge < -0.3 is 0 Å². The molecule has 0 saturated carbocycles. The zero-order chi connectivity index (χ0) is 34.5. The smallest absolute Gasteiger partial charge is 0.164 e. The van der Waals surface area contributed by atoms with Crippen LogP contribution in [-0.2, 0) is 16.2 Å². The zero-order valence-electron chi connectivity index (χ0n) is 29.2. The first-order valence-corrected chi connectivity index (χ1v) is 18.6. The van der Waals surface area contributed by atoms with Crippen LogP contribution in [0.25, 0.3) is 45.3 Å². The molecule has 0 fully saturated rings. The first-order valence-electron chi connectivity index (χ1n) is 17.8. The van der Waals surface area contributed by atoms with Gasteiger partial charge in [-0.1, -0.05) is 161 Å². The molecule has 0 saturated heterocycles. The van der Waals surface area contributed by atoms with Gasteiger partial charge in [0.15, 0.2) is 17.5 Å². The summed E-state index contributed by atoms with van der Waals surface area (Å²) in [6.45, 7) is 9.42. The summed E-state index contributed by atoms with van der Waals surface area (Å²) in [7, 11) is 0. The van der Waals surface area contributed by atoms with Gasteiger partial charge in [0.1, 0.15) is 0 Å². The van der Waals surface area contributed by atoms with Crippen molar-refractivity contribution in [2.45, 2.75) is 60.2 Å². The minimum Gasteiger partial charge on any atom is -0.208 e. The molecule has 3 nitrogen and oxygen atoms in total. The van der Waals surface area contributed by atoms with Crippen LogP contribution in [0.5, 0.6) is 0 Å². The molecule has 6 aromatic carbocycles. The van der Waals surface area contributed by atoms with Crippen molar-refractivity contribution in [3.05, 3.63) is 173 Å². The van der Waals surface area contributed by atoms with E-state index in [1.165, 1.54) is 54.3 Å². The molecule has 3 aliphatic rings. The Labute approximate surface area is 303 Å². The maximum absolute atomic E-state index is 5.23. The second-order valence-electron chi connectivity index (χ2n) is 15.5. The molecule has 0 N–H and O–H groups in total. The minimum atomic E-state index is -0.409. The average molecular weight is 676 g/mol. The molecule has 2 heterocycles. The maximum Gasteiger partial charge on any atom is 0.164 e. The number of rotatable bonds is 3. The quantitative estimate of drug-likeness (QED) is 0.187. The fourth-order valence-corrected chi connectivity index (χ4v) is 10.7. The molecule has 0 amide bonds. The van der Waals surface area contributed by atoms with Gasteiger partial charge in [0.25, 0.3) is 0 Å². The van der Waals surface area contributed by atoms with E-state index in [4.69, 9.17) is 15.0 Å². The van der Waals surface area contributed by atoms with Gasteiger partial charge in [-0.15, -0.1) is 0 Å². The monoisotopic (exact) mass is 675 g/mol. The summed E-state index contributed by atoms with van der Waals surface area (Å²) in [4.78, 5) is 18.0. The predicted octanol–water partition coefficient (Wildman–Crippen LogP) is 11.7. The summed E-state index contributed by atoms with van der Waals surface area (Å²) >= 11 is 1.84. The average Bonchev–Trinajstić information content (AvgIpc) is 3.55. The summed E-state index contributed by atoms with van der Waals surface area (Å²) in [5, 5.41) is 0. The van der Waals surface area contributed by atoms with Gasteiger partial charge in [0, 0.05) is 26.5 Å². The number of fused-ring (bicyclic) bond motifs is 10. The van der Waals surface area contributed by atoms with Gasteiger partial charge in [-0.3, -0.25) is 0 Å². The van der Waals surface area contributed by atoms with Gasteiger partial charge in [-0.2, -0.15) is 0 Å². The molecule has 10 rings (SSSR count). The SMILES string of the molecule is CC1(C)CC(C)(C)c2cc(-c3nc(-c4ccccc4)nc(-c4ccc5c(c4)Sc4ccccc4C54c5ccccc5-c5ccccc54)n3)ccc21. The predicted molar refractivity (Wildman–Crippen MR) is 208 cm³/mol. The number of aromatic nitrogens is 3. The van der Waals surface area contributed by atoms with Crippen LogP contribution in [0.1, 0.15) is 67.5 Å². The molecule has 1 aromatic heterocycles. The highest BCUT2D eigenvalue weighted by atomic mass is 32.2. The van der Waals surface area contributed by atoms with Crippen molar-refractivity contribution in [2.24, 2.45) is 0 Å². The Kier molecular flexibility index (Phi) is 6.48. The van der Waals surface area contributed by atoms with Gasteiger partial charge >= 0.3 is 0 Å². The van der Waals surface area contributed by atoms with Gasteiger partial charge in [-0.05, 0) is 80.0 Å². The van der Waals surface area contributed by atoms with Crippen LogP contribution in [0.4, 0.5) is 0 Å². The zero-order valence-corrected chi connectivity index (χ0v) is 30.1. The lowest BCUT2D eigenvalue weighted by Gasteiger charge is -2.39. The number of hydrogen-bond acceptors (Lipinski definition) is 4. The van der Waals surface area contributed by atoms with Crippen LogP contribution in [-0.4, -0.2) is 15.0 Å². The van der Waals surface area contributed by atoms with E-state index in [0.29, 0.717) is 17.5 Å². The van der Waals surface area contributed by atoms with Gasteiger partial charge in [0.05, 0.1) is 5.41 Å². The molecule has 0 atom stereocenters. The first-order chi connectivity index (χ1) is 24.7. The summed E-state index contributed by atoms with van der Waals surface area (Å²) in [6, 6.07) is 50.8. The van der Waals surface area contributed by atoms with Crippen LogP contribution in [0.15, 0.2) is 149 Å². The Bertz CT molecular complexity index is 2500. The largest absolute Gasteiger partial charge is 0.208 e. The molecular formula is C47H37N3S. The minimum absolute atomic E-state index is 0.0758. The first kappa shape index (κ1) is 30.5. The highest BCUT2D eigenvalue weighted by Gasteiger charge is 2.50. The van der Waals surface area contributed by atoms with Crippen molar-refractivity contribution in [1.29, 1.82) is 0 Å². The lowest BCUT2D eigenvalue weighted by molar-refractivity contribution is 0.403. The van der Waals surface area contributed by atoms with Crippen molar-refractivity contribution in [3.63, 3.8) is 0 Å². The fraction of sp³-hybridized carbons (Fsp3) is 0.170. The van der Waals surface area contributed by atoms with E-state index in [-0.39, 0.29) is 10.8 Å². The van der Waals surface area contributed by atoms with Crippen LogP contribution in [0.2, 0.25) is 0 Å². The molecule has 0 unspecified atom stereocenters. The molecule has 1 spiro atoms. The summed E-state index contributed by atoms with van der Waals surface area (Å²) in [6.07, 6.45) is 1.11. The molecule has 0 bridgehead atoms. The van der Waals surface area contributed by atoms with E-state index in [0.717, 1.165) is 23.1 Å². The number of hydrogen-bond donors (Lipinski definition) is 0. The standard InChI is InChI=1S/C47H37N3S/c1-45(2)28-46(3,4)39-26-30(22-24-36(39)45)43-48-42(29-14-6-5-7-15-29)49-44(50-43)31-23-25-38-41(27-31)51-40-21-13-12-20-37(40)47(38)34-18-10-8-16-32(34)33-17-9-11-19-35(33)47/h5-27H,28H2,1-4H3.